The predicted octanol–water partition coefficient (Wildman–Crippen LogP) is 2.38. The Balaban J connectivity index is 1.52. The van der Waals surface area contributed by atoms with Gasteiger partial charge in [-0.05, 0) is 30.4 Å². The highest BCUT2D eigenvalue weighted by atomic mass is 16.5. The van der Waals surface area contributed by atoms with Crippen LogP contribution in [-0.2, 0) is 16.0 Å². The van der Waals surface area contributed by atoms with Gasteiger partial charge in [-0.3, -0.25) is 4.79 Å². The monoisotopic (exact) mass is 398 g/mol. The first-order valence-electron chi connectivity index (χ1n) is 10.6. The minimum Gasteiger partial charge on any atom is -0.378 e. The molecule has 2 fully saturated rings. The van der Waals surface area contributed by atoms with Crippen LogP contribution in [0.15, 0.2) is 30.5 Å². The van der Waals surface area contributed by atoms with Gasteiger partial charge < -0.3 is 24.8 Å². The number of amides is 3. The van der Waals surface area contributed by atoms with Crippen LogP contribution in [-0.4, -0.2) is 72.2 Å². The molecule has 0 saturated carbocycles. The third-order valence-corrected chi connectivity index (χ3v) is 6.09. The Bertz CT molecular complexity index is 851. The number of likely N-dealkylation sites (tertiary alicyclic amines) is 1. The van der Waals surface area contributed by atoms with Crippen molar-refractivity contribution in [1.82, 2.24) is 20.1 Å². The van der Waals surface area contributed by atoms with Crippen LogP contribution < -0.4 is 5.32 Å². The van der Waals surface area contributed by atoms with E-state index >= 15 is 0 Å². The number of carbonyl (C=O) groups is 2. The fourth-order valence-corrected chi connectivity index (χ4v) is 4.18. The van der Waals surface area contributed by atoms with Gasteiger partial charge in [0.05, 0.1) is 13.2 Å². The first kappa shape index (κ1) is 19.8. The number of H-pyrrole nitrogens is 1. The maximum absolute atomic E-state index is 13.3. The van der Waals surface area contributed by atoms with Gasteiger partial charge in [-0.1, -0.05) is 25.1 Å². The summed E-state index contributed by atoms with van der Waals surface area (Å²) in [6.45, 7) is 5.94. The molecular formula is C22H30N4O3. The van der Waals surface area contributed by atoms with Crippen LogP contribution in [0, 0.1) is 5.92 Å². The van der Waals surface area contributed by atoms with Gasteiger partial charge in [-0.15, -0.1) is 0 Å². The number of piperidine rings is 1. The predicted molar refractivity (Wildman–Crippen MR) is 112 cm³/mol. The van der Waals surface area contributed by atoms with Crippen LogP contribution in [0.3, 0.4) is 0 Å². The number of morpholine rings is 1. The highest BCUT2D eigenvalue weighted by Gasteiger charge is 2.30. The van der Waals surface area contributed by atoms with Crippen LogP contribution in [0.1, 0.15) is 25.3 Å². The van der Waals surface area contributed by atoms with E-state index < -0.39 is 6.04 Å². The summed E-state index contributed by atoms with van der Waals surface area (Å²) >= 11 is 0. The number of nitrogens with one attached hydrogen (secondary N) is 2. The summed E-state index contributed by atoms with van der Waals surface area (Å²) in [6, 6.07) is 7.30. The van der Waals surface area contributed by atoms with Gasteiger partial charge in [0.25, 0.3) is 0 Å². The van der Waals surface area contributed by atoms with E-state index in [1.54, 1.807) is 4.90 Å². The van der Waals surface area contributed by atoms with Crippen molar-refractivity contribution in [3.05, 3.63) is 36.0 Å². The molecule has 2 N–H and O–H groups in total. The van der Waals surface area contributed by atoms with Crippen molar-refractivity contribution in [3.63, 3.8) is 0 Å². The topological polar surface area (TPSA) is 77.7 Å². The van der Waals surface area contributed by atoms with Crippen molar-refractivity contribution < 1.29 is 14.3 Å². The Morgan fingerprint density at radius 3 is 2.62 bits per heavy atom. The molecule has 0 aliphatic carbocycles. The van der Waals surface area contributed by atoms with Gasteiger partial charge in [-0.25, -0.2) is 4.79 Å². The van der Waals surface area contributed by atoms with Gasteiger partial charge in [0.15, 0.2) is 0 Å². The molecule has 29 heavy (non-hydrogen) atoms. The summed E-state index contributed by atoms with van der Waals surface area (Å²) in [6.07, 6.45) is 4.46. The number of fused-ring (bicyclic) bond motifs is 1. The lowest BCUT2D eigenvalue weighted by molar-refractivity contribution is -0.134. The molecule has 2 aliphatic rings. The number of benzene rings is 1. The second-order valence-corrected chi connectivity index (χ2v) is 8.17. The average Bonchev–Trinajstić information content (AvgIpc) is 3.17. The zero-order valence-corrected chi connectivity index (χ0v) is 17.0. The van der Waals surface area contributed by atoms with Crippen molar-refractivity contribution >= 4 is 22.8 Å². The van der Waals surface area contributed by atoms with E-state index in [1.165, 1.54) is 0 Å². The molecule has 4 rings (SSSR count). The molecular weight excluding hydrogens is 368 g/mol. The third-order valence-electron chi connectivity index (χ3n) is 6.09. The standard InChI is InChI=1S/C22H30N4O3/c1-16-6-8-25(9-7-16)21(27)20(24-22(28)26-10-12-29-13-11-26)14-17-15-23-19-5-3-2-4-18(17)19/h2-5,15-16,20,23H,6-14H2,1H3,(H,24,28)/t20-/m1/s1. The van der Waals surface area contributed by atoms with Crippen LogP contribution >= 0.6 is 0 Å². The number of hydrogen-bond acceptors (Lipinski definition) is 3. The molecule has 156 valence electrons. The van der Waals surface area contributed by atoms with E-state index in [0.29, 0.717) is 38.6 Å². The molecule has 1 atom stereocenters. The summed E-state index contributed by atoms with van der Waals surface area (Å²) in [5, 5.41) is 4.12. The molecule has 2 aromatic rings. The van der Waals surface area contributed by atoms with Gasteiger partial charge in [0, 0.05) is 49.7 Å². The SMILES string of the molecule is CC1CCN(C(=O)[C@@H](Cc2c[nH]c3ccccc23)NC(=O)N2CCOCC2)CC1. The summed E-state index contributed by atoms with van der Waals surface area (Å²) in [5.41, 5.74) is 2.09. The maximum atomic E-state index is 13.3. The lowest BCUT2D eigenvalue weighted by Crippen LogP contribution is -2.55. The van der Waals surface area contributed by atoms with Gasteiger partial charge in [-0.2, -0.15) is 0 Å². The summed E-state index contributed by atoms with van der Waals surface area (Å²) < 4.78 is 5.34. The van der Waals surface area contributed by atoms with Gasteiger partial charge >= 0.3 is 6.03 Å². The van der Waals surface area contributed by atoms with Crippen LogP contribution in [0.25, 0.3) is 10.9 Å². The van der Waals surface area contributed by atoms with Gasteiger partial charge in [0.2, 0.25) is 5.91 Å². The average molecular weight is 399 g/mol. The number of urea groups is 1. The maximum Gasteiger partial charge on any atom is 0.318 e. The zero-order chi connectivity index (χ0) is 20.2. The van der Waals surface area contributed by atoms with E-state index in [2.05, 4.69) is 23.3 Å². The fraction of sp³-hybridized carbons (Fsp3) is 0.545. The number of aromatic nitrogens is 1. The minimum atomic E-state index is -0.571. The second-order valence-electron chi connectivity index (χ2n) is 8.17. The largest absolute Gasteiger partial charge is 0.378 e. The molecule has 3 amide bonds. The third kappa shape index (κ3) is 4.56. The Labute approximate surface area is 171 Å². The summed E-state index contributed by atoms with van der Waals surface area (Å²) in [7, 11) is 0. The highest BCUT2D eigenvalue weighted by molar-refractivity contribution is 5.89. The minimum absolute atomic E-state index is 0.0174. The molecule has 0 bridgehead atoms. The number of hydrogen-bond donors (Lipinski definition) is 2. The Morgan fingerprint density at radius 1 is 1.14 bits per heavy atom. The summed E-state index contributed by atoms with van der Waals surface area (Å²) in [4.78, 5) is 33.1. The normalized spacial score (nSPS) is 19.3. The molecule has 0 radical (unpaired) electrons. The van der Waals surface area contributed by atoms with E-state index in [-0.39, 0.29) is 11.9 Å². The number of nitrogens with zero attached hydrogens (tertiary/aromatic N) is 2. The summed E-state index contributed by atoms with van der Waals surface area (Å²) in [5.74, 6) is 0.665. The molecule has 2 aliphatic heterocycles. The molecule has 1 aromatic carbocycles. The molecule has 0 unspecified atom stereocenters. The van der Waals surface area contributed by atoms with E-state index in [4.69, 9.17) is 4.74 Å². The molecule has 3 heterocycles. The number of carbonyl (C=O) groups excluding carboxylic acids is 2. The number of rotatable bonds is 4. The first-order valence-corrected chi connectivity index (χ1v) is 10.6. The van der Waals surface area contributed by atoms with Gasteiger partial charge in [0.1, 0.15) is 6.04 Å². The molecule has 0 spiro atoms. The van der Waals surface area contributed by atoms with Crippen molar-refractivity contribution in [2.24, 2.45) is 5.92 Å². The van der Waals surface area contributed by atoms with Crippen molar-refractivity contribution in [3.8, 4) is 0 Å². The number of ether oxygens (including phenoxy) is 1. The van der Waals surface area contributed by atoms with Crippen molar-refractivity contribution in [1.29, 1.82) is 0 Å². The lowest BCUT2D eigenvalue weighted by atomic mass is 9.97. The van der Waals surface area contributed by atoms with E-state index in [1.807, 2.05) is 29.3 Å². The van der Waals surface area contributed by atoms with Crippen LogP contribution in [0.5, 0.6) is 0 Å². The molecule has 1 aromatic heterocycles. The fourth-order valence-electron chi connectivity index (χ4n) is 4.18. The zero-order valence-electron chi connectivity index (χ0n) is 17.0. The molecule has 7 heteroatoms. The smallest absolute Gasteiger partial charge is 0.318 e. The van der Waals surface area contributed by atoms with Crippen LogP contribution in [0.2, 0.25) is 0 Å². The Morgan fingerprint density at radius 2 is 1.86 bits per heavy atom. The van der Waals surface area contributed by atoms with E-state index in [0.717, 1.165) is 42.4 Å². The lowest BCUT2D eigenvalue weighted by Gasteiger charge is -2.34. The second kappa shape index (κ2) is 8.86. The molecule has 2 saturated heterocycles. The highest BCUT2D eigenvalue weighted by Crippen LogP contribution is 2.21. The van der Waals surface area contributed by atoms with Crippen molar-refractivity contribution in [2.75, 3.05) is 39.4 Å². The Kier molecular flexibility index (Phi) is 6.04. The Hall–Kier alpha value is -2.54. The number of para-hydroxylation sites is 1. The van der Waals surface area contributed by atoms with Crippen molar-refractivity contribution in [2.45, 2.75) is 32.2 Å². The van der Waals surface area contributed by atoms with E-state index in [9.17, 15) is 9.59 Å². The molecule has 7 nitrogen and oxygen atoms in total. The number of aromatic amines is 1. The quantitative estimate of drug-likeness (QED) is 0.830. The van der Waals surface area contributed by atoms with Crippen LogP contribution in [0.4, 0.5) is 4.79 Å². The first-order chi connectivity index (χ1) is 14.1.